The molecule has 0 unspecified atom stereocenters. The Labute approximate surface area is 186 Å². The maximum Gasteiger partial charge on any atom is 0.338 e. The Kier molecular flexibility index (Phi) is 6.76. The van der Waals surface area contributed by atoms with Crippen LogP contribution in [0.4, 0.5) is 29.2 Å². The maximum absolute atomic E-state index is 11.9. The third-order valence-corrected chi connectivity index (χ3v) is 4.84. The molecule has 0 bridgehead atoms. The van der Waals surface area contributed by atoms with Crippen molar-refractivity contribution in [2.24, 2.45) is 0 Å². The second-order valence-electron chi connectivity index (χ2n) is 7.30. The number of carbonyl (C=O) groups is 1. The van der Waals surface area contributed by atoms with Gasteiger partial charge in [-0.25, -0.2) is 4.79 Å². The number of hydrogen-bond donors (Lipinski definition) is 2. The first kappa shape index (κ1) is 21.5. The van der Waals surface area contributed by atoms with Gasteiger partial charge in [0.25, 0.3) is 0 Å². The highest BCUT2D eigenvalue weighted by Gasteiger charge is 2.17. The van der Waals surface area contributed by atoms with Crippen molar-refractivity contribution in [2.45, 2.75) is 13.8 Å². The van der Waals surface area contributed by atoms with Gasteiger partial charge in [-0.15, -0.1) is 0 Å². The van der Waals surface area contributed by atoms with Crippen LogP contribution in [0, 0.1) is 6.92 Å². The molecular formula is C23H26N6O3. The number of ether oxygens (including phenoxy) is 2. The van der Waals surface area contributed by atoms with Crippen LogP contribution in [0.3, 0.4) is 0 Å². The van der Waals surface area contributed by atoms with Crippen LogP contribution in [0.1, 0.15) is 22.8 Å². The molecule has 3 aromatic rings. The van der Waals surface area contributed by atoms with Crippen LogP contribution in [0.2, 0.25) is 0 Å². The summed E-state index contributed by atoms with van der Waals surface area (Å²) in [5.74, 6) is 1.07. The molecule has 166 valence electrons. The fourth-order valence-electron chi connectivity index (χ4n) is 3.27. The second kappa shape index (κ2) is 10.1. The van der Waals surface area contributed by atoms with Crippen molar-refractivity contribution in [3.05, 3.63) is 59.7 Å². The van der Waals surface area contributed by atoms with E-state index in [2.05, 4.69) is 30.5 Å². The van der Waals surface area contributed by atoms with Gasteiger partial charge in [0.05, 0.1) is 25.4 Å². The number of nitrogens with one attached hydrogen (secondary N) is 2. The van der Waals surface area contributed by atoms with E-state index in [4.69, 9.17) is 9.47 Å². The average Bonchev–Trinajstić information content (AvgIpc) is 2.80. The number of rotatable bonds is 7. The minimum absolute atomic E-state index is 0.338. The van der Waals surface area contributed by atoms with E-state index in [0.29, 0.717) is 56.3 Å². The topological polar surface area (TPSA) is 102 Å². The van der Waals surface area contributed by atoms with Crippen molar-refractivity contribution in [3.8, 4) is 0 Å². The van der Waals surface area contributed by atoms with Crippen molar-refractivity contribution in [1.29, 1.82) is 0 Å². The molecular weight excluding hydrogens is 408 g/mol. The lowest BCUT2D eigenvalue weighted by Crippen LogP contribution is -2.37. The Morgan fingerprint density at radius 2 is 1.69 bits per heavy atom. The first-order valence-electron chi connectivity index (χ1n) is 10.6. The molecule has 9 nitrogen and oxygen atoms in total. The van der Waals surface area contributed by atoms with Gasteiger partial charge in [-0.3, -0.25) is 0 Å². The molecule has 1 aliphatic heterocycles. The standard InChI is InChI=1S/C23H26N6O3/c1-3-32-20(30)17-7-9-18(10-8-17)24-21-26-22(25-19-6-4-5-16(2)15-19)28-23(27-21)29-11-13-31-14-12-29/h4-10,15H,3,11-14H2,1-2H3,(H2,24,25,26,27,28). The molecule has 0 atom stereocenters. The molecule has 2 N–H and O–H groups in total. The molecule has 2 heterocycles. The summed E-state index contributed by atoms with van der Waals surface area (Å²) in [6.45, 7) is 6.83. The molecule has 0 spiro atoms. The molecule has 0 amide bonds. The number of aromatic nitrogens is 3. The number of carbonyl (C=O) groups excluding carboxylic acids is 1. The SMILES string of the molecule is CCOC(=O)c1ccc(Nc2nc(Nc3cccc(C)c3)nc(N3CCOCC3)n2)cc1. The molecule has 0 aliphatic carbocycles. The van der Waals surface area contributed by atoms with Crippen molar-refractivity contribution < 1.29 is 14.3 Å². The fraction of sp³-hybridized carbons (Fsp3) is 0.304. The van der Waals surface area contributed by atoms with E-state index in [1.165, 1.54) is 0 Å². The van der Waals surface area contributed by atoms with Gasteiger partial charge < -0.3 is 25.0 Å². The largest absolute Gasteiger partial charge is 0.462 e. The van der Waals surface area contributed by atoms with Gasteiger partial charge in [0.2, 0.25) is 17.8 Å². The van der Waals surface area contributed by atoms with Gasteiger partial charge >= 0.3 is 5.97 Å². The molecule has 1 fully saturated rings. The van der Waals surface area contributed by atoms with E-state index in [0.717, 1.165) is 16.9 Å². The maximum atomic E-state index is 11.9. The number of esters is 1. The Morgan fingerprint density at radius 3 is 2.34 bits per heavy atom. The lowest BCUT2D eigenvalue weighted by molar-refractivity contribution is 0.0526. The second-order valence-corrected chi connectivity index (χ2v) is 7.30. The minimum Gasteiger partial charge on any atom is -0.462 e. The van der Waals surface area contributed by atoms with Gasteiger partial charge in [0, 0.05) is 24.5 Å². The predicted octanol–water partition coefficient (Wildman–Crippen LogP) is 3.68. The van der Waals surface area contributed by atoms with Crippen molar-refractivity contribution in [1.82, 2.24) is 15.0 Å². The normalized spacial score (nSPS) is 13.5. The smallest absolute Gasteiger partial charge is 0.338 e. The average molecular weight is 435 g/mol. The highest BCUT2D eigenvalue weighted by molar-refractivity contribution is 5.89. The van der Waals surface area contributed by atoms with Crippen LogP contribution >= 0.6 is 0 Å². The molecule has 1 aromatic heterocycles. The number of morpholine rings is 1. The minimum atomic E-state index is -0.349. The Hall–Kier alpha value is -3.72. The molecule has 0 saturated carbocycles. The summed E-state index contributed by atoms with van der Waals surface area (Å²) in [5, 5.41) is 6.47. The van der Waals surface area contributed by atoms with Crippen molar-refractivity contribution in [3.63, 3.8) is 0 Å². The van der Waals surface area contributed by atoms with Gasteiger partial charge in [-0.1, -0.05) is 12.1 Å². The zero-order valence-electron chi connectivity index (χ0n) is 18.2. The zero-order valence-corrected chi connectivity index (χ0v) is 18.2. The number of hydrogen-bond acceptors (Lipinski definition) is 9. The summed E-state index contributed by atoms with van der Waals surface area (Å²) in [7, 11) is 0. The number of anilines is 5. The summed E-state index contributed by atoms with van der Waals surface area (Å²) in [6.07, 6.45) is 0. The molecule has 9 heteroatoms. The monoisotopic (exact) mass is 434 g/mol. The van der Waals surface area contributed by atoms with Crippen LogP contribution < -0.4 is 15.5 Å². The molecule has 1 aliphatic rings. The van der Waals surface area contributed by atoms with Crippen LogP contribution in [0.25, 0.3) is 0 Å². The molecule has 32 heavy (non-hydrogen) atoms. The zero-order chi connectivity index (χ0) is 22.3. The first-order valence-corrected chi connectivity index (χ1v) is 10.6. The van der Waals surface area contributed by atoms with E-state index in [1.807, 2.05) is 31.2 Å². The van der Waals surface area contributed by atoms with E-state index >= 15 is 0 Å². The lowest BCUT2D eigenvalue weighted by Gasteiger charge is -2.27. The van der Waals surface area contributed by atoms with Gasteiger partial charge in [0.1, 0.15) is 0 Å². The molecule has 0 radical (unpaired) electrons. The third kappa shape index (κ3) is 5.50. The van der Waals surface area contributed by atoms with E-state index in [-0.39, 0.29) is 5.97 Å². The summed E-state index contributed by atoms with van der Waals surface area (Å²) >= 11 is 0. The van der Waals surface area contributed by atoms with Crippen LogP contribution in [0.15, 0.2) is 48.5 Å². The van der Waals surface area contributed by atoms with E-state index in [1.54, 1.807) is 31.2 Å². The van der Waals surface area contributed by atoms with Crippen LogP contribution in [-0.4, -0.2) is 53.8 Å². The number of aryl methyl sites for hydroxylation is 1. The highest BCUT2D eigenvalue weighted by atomic mass is 16.5. The number of nitrogens with zero attached hydrogens (tertiary/aromatic N) is 4. The highest BCUT2D eigenvalue weighted by Crippen LogP contribution is 2.22. The predicted molar refractivity (Wildman–Crippen MR) is 123 cm³/mol. The Bertz CT molecular complexity index is 1070. The van der Waals surface area contributed by atoms with E-state index < -0.39 is 0 Å². The third-order valence-electron chi connectivity index (χ3n) is 4.84. The van der Waals surface area contributed by atoms with Crippen LogP contribution in [0.5, 0.6) is 0 Å². The lowest BCUT2D eigenvalue weighted by atomic mass is 10.2. The van der Waals surface area contributed by atoms with Crippen molar-refractivity contribution >= 4 is 35.2 Å². The first-order chi connectivity index (χ1) is 15.6. The van der Waals surface area contributed by atoms with Crippen LogP contribution in [-0.2, 0) is 9.47 Å². The quantitative estimate of drug-likeness (QED) is 0.539. The molecule has 4 rings (SSSR count). The molecule has 1 saturated heterocycles. The Balaban J connectivity index is 1.59. The summed E-state index contributed by atoms with van der Waals surface area (Å²) < 4.78 is 10.5. The van der Waals surface area contributed by atoms with Gasteiger partial charge in [0.15, 0.2) is 0 Å². The summed E-state index contributed by atoms with van der Waals surface area (Å²) in [4.78, 5) is 27.7. The Morgan fingerprint density at radius 1 is 1.00 bits per heavy atom. The summed E-state index contributed by atoms with van der Waals surface area (Å²) in [6, 6.07) is 15.0. The van der Waals surface area contributed by atoms with Gasteiger partial charge in [-0.2, -0.15) is 15.0 Å². The number of benzene rings is 2. The summed E-state index contributed by atoms with van der Waals surface area (Å²) in [5.41, 5.74) is 3.27. The van der Waals surface area contributed by atoms with Crippen molar-refractivity contribution in [2.75, 3.05) is 48.4 Å². The molecule has 2 aromatic carbocycles. The van der Waals surface area contributed by atoms with Gasteiger partial charge in [-0.05, 0) is 55.8 Å². The van der Waals surface area contributed by atoms with E-state index in [9.17, 15) is 4.79 Å². The fourth-order valence-corrected chi connectivity index (χ4v) is 3.27.